The Labute approximate surface area is 147 Å². The Morgan fingerprint density at radius 3 is 2.88 bits per heavy atom. The molecule has 4 nitrogen and oxygen atoms in total. The lowest BCUT2D eigenvalue weighted by Crippen LogP contribution is -2.44. The highest BCUT2D eigenvalue weighted by Gasteiger charge is 2.23. The molecular weight excluding hydrogens is 310 g/mol. The molecule has 0 fully saturated rings. The zero-order valence-electron chi connectivity index (χ0n) is 14.4. The highest BCUT2D eigenvalue weighted by atomic mass is 16.2. The Bertz CT molecular complexity index is 898. The van der Waals surface area contributed by atoms with Crippen molar-refractivity contribution in [2.24, 2.45) is 0 Å². The number of urea groups is 1. The third kappa shape index (κ3) is 3.38. The van der Waals surface area contributed by atoms with E-state index in [4.69, 9.17) is 0 Å². The molecule has 2 amide bonds. The minimum atomic E-state index is -0.0933. The molecule has 0 saturated heterocycles. The normalized spacial score (nSPS) is 16.4. The summed E-state index contributed by atoms with van der Waals surface area (Å²) in [6, 6.07) is 16.6. The number of aryl methyl sites for hydroxylation is 2. The number of rotatable bonds is 3. The van der Waals surface area contributed by atoms with E-state index in [2.05, 4.69) is 40.7 Å². The zero-order chi connectivity index (χ0) is 17.2. The lowest BCUT2D eigenvalue weighted by Gasteiger charge is -2.23. The molecule has 0 spiro atoms. The molecule has 1 aliphatic carbocycles. The van der Waals surface area contributed by atoms with Gasteiger partial charge in [-0.2, -0.15) is 0 Å². The largest absolute Gasteiger partial charge is 0.358 e. The van der Waals surface area contributed by atoms with Crippen molar-refractivity contribution >= 4 is 16.9 Å². The van der Waals surface area contributed by atoms with E-state index in [9.17, 15) is 4.79 Å². The van der Waals surface area contributed by atoms with Crippen LogP contribution in [-0.4, -0.2) is 17.1 Å². The first-order valence-corrected chi connectivity index (χ1v) is 8.87. The molecule has 1 unspecified atom stereocenters. The molecule has 128 valence electrons. The van der Waals surface area contributed by atoms with Crippen LogP contribution in [0.4, 0.5) is 4.79 Å². The fourth-order valence-corrected chi connectivity index (χ4v) is 3.68. The smallest absolute Gasteiger partial charge is 0.315 e. The predicted molar refractivity (Wildman–Crippen MR) is 101 cm³/mol. The average Bonchev–Trinajstić information content (AvgIpc) is 2.98. The highest BCUT2D eigenvalue weighted by Crippen LogP contribution is 2.29. The average molecular weight is 333 g/mol. The van der Waals surface area contributed by atoms with Crippen molar-refractivity contribution in [2.75, 3.05) is 0 Å². The number of fused-ring (bicyclic) bond motifs is 3. The standard InChI is InChI=1S/C21H23N3O/c1-14-7-10-19-18(11-14)17-9-8-16(12-20(17)24-19)23-21(25)22-13-15-5-3-2-4-6-15/h2-7,10-11,16,24H,8-9,12-13H2,1H3,(H2,22,23,25). The maximum absolute atomic E-state index is 12.2. The molecule has 1 aliphatic rings. The molecule has 4 heteroatoms. The zero-order valence-corrected chi connectivity index (χ0v) is 14.4. The number of benzene rings is 2. The van der Waals surface area contributed by atoms with Crippen molar-refractivity contribution in [1.82, 2.24) is 15.6 Å². The molecule has 2 aromatic carbocycles. The van der Waals surface area contributed by atoms with E-state index in [1.165, 1.54) is 27.7 Å². The Morgan fingerprint density at radius 1 is 1.20 bits per heavy atom. The predicted octanol–water partition coefficient (Wildman–Crippen LogP) is 3.83. The maximum atomic E-state index is 12.2. The highest BCUT2D eigenvalue weighted by molar-refractivity contribution is 5.85. The fourth-order valence-electron chi connectivity index (χ4n) is 3.68. The van der Waals surface area contributed by atoms with Crippen molar-refractivity contribution in [3.05, 3.63) is 70.9 Å². The molecule has 0 radical (unpaired) electrons. The van der Waals surface area contributed by atoms with Gasteiger partial charge in [0.1, 0.15) is 0 Å². The first-order valence-electron chi connectivity index (χ1n) is 8.87. The van der Waals surface area contributed by atoms with Crippen molar-refractivity contribution in [1.29, 1.82) is 0 Å². The molecule has 25 heavy (non-hydrogen) atoms. The quantitative estimate of drug-likeness (QED) is 0.670. The minimum absolute atomic E-state index is 0.0933. The third-order valence-corrected chi connectivity index (χ3v) is 4.97. The summed E-state index contributed by atoms with van der Waals surface area (Å²) in [5.74, 6) is 0. The number of carbonyl (C=O) groups is 1. The van der Waals surface area contributed by atoms with Gasteiger partial charge in [0.25, 0.3) is 0 Å². The van der Waals surface area contributed by atoms with Gasteiger partial charge in [-0.3, -0.25) is 0 Å². The minimum Gasteiger partial charge on any atom is -0.358 e. The third-order valence-electron chi connectivity index (χ3n) is 4.97. The maximum Gasteiger partial charge on any atom is 0.315 e. The van der Waals surface area contributed by atoms with Crippen LogP contribution in [0.2, 0.25) is 0 Å². The van der Waals surface area contributed by atoms with Crippen LogP contribution in [0.5, 0.6) is 0 Å². The van der Waals surface area contributed by atoms with Crippen LogP contribution in [0.1, 0.15) is 28.8 Å². The molecule has 1 aromatic heterocycles. The van der Waals surface area contributed by atoms with E-state index in [1.54, 1.807) is 0 Å². The number of amides is 2. The molecule has 3 N–H and O–H groups in total. The number of H-pyrrole nitrogens is 1. The van der Waals surface area contributed by atoms with Gasteiger partial charge in [-0.15, -0.1) is 0 Å². The topological polar surface area (TPSA) is 56.9 Å². The Hall–Kier alpha value is -2.75. The monoisotopic (exact) mass is 333 g/mol. The van der Waals surface area contributed by atoms with Gasteiger partial charge in [0.15, 0.2) is 0 Å². The lowest BCUT2D eigenvalue weighted by molar-refractivity contribution is 0.235. The Kier molecular flexibility index (Phi) is 4.18. The van der Waals surface area contributed by atoms with Crippen molar-refractivity contribution < 1.29 is 4.79 Å². The Balaban J connectivity index is 1.39. The van der Waals surface area contributed by atoms with Crippen LogP contribution < -0.4 is 10.6 Å². The number of aromatic nitrogens is 1. The van der Waals surface area contributed by atoms with Gasteiger partial charge in [-0.25, -0.2) is 4.79 Å². The van der Waals surface area contributed by atoms with Crippen LogP contribution in [0, 0.1) is 6.92 Å². The van der Waals surface area contributed by atoms with Gasteiger partial charge >= 0.3 is 6.03 Å². The number of aromatic amines is 1. The van der Waals surface area contributed by atoms with E-state index in [-0.39, 0.29) is 12.1 Å². The summed E-state index contributed by atoms with van der Waals surface area (Å²) in [6.07, 6.45) is 2.84. The van der Waals surface area contributed by atoms with Gasteiger partial charge in [0.2, 0.25) is 0 Å². The first-order chi connectivity index (χ1) is 12.2. The van der Waals surface area contributed by atoms with Crippen LogP contribution in [0.3, 0.4) is 0 Å². The lowest BCUT2D eigenvalue weighted by atomic mass is 9.91. The van der Waals surface area contributed by atoms with Crippen molar-refractivity contribution in [3.63, 3.8) is 0 Å². The van der Waals surface area contributed by atoms with Gasteiger partial charge < -0.3 is 15.6 Å². The van der Waals surface area contributed by atoms with Crippen molar-refractivity contribution in [3.8, 4) is 0 Å². The number of nitrogens with one attached hydrogen (secondary N) is 3. The van der Waals surface area contributed by atoms with Crippen molar-refractivity contribution in [2.45, 2.75) is 38.8 Å². The van der Waals surface area contributed by atoms with Crippen LogP contribution in [0.15, 0.2) is 48.5 Å². The molecule has 0 saturated carbocycles. The second kappa shape index (κ2) is 6.63. The molecular formula is C21H23N3O. The van der Waals surface area contributed by atoms with E-state index in [0.29, 0.717) is 6.54 Å². The first kappa shape index (κ1) is 15.8. The molecule has 4 rings (SSSR count). The molecule has 1 heterocycles. The van der Waals surface area contributed by atoms with E-state index in [1.807, 2.05) is 30.3 Å². The second-order valence-electron chi connectivity index (χ2n) is 6.88. The van der Waals surface area contributed by atoms with Crippen LogP contribution in [-0.2, 0) is 19.4 Å². The summed E-state index contributed by atoms with van der Waals surface area (Å²) >= 11 is 0. The van der Waals surface area contributed by atoms with E-state index >= 15 is 0 Å². The van der Waals surface area contributed by atoms with Gasteiger partial charge in [-0.1, -0.05) is 42.0 Å². The second-order valence-corrected chi connectivity index (χ2v) is 6.88. The van der Waals surface area contributed by atoms with E-state index < -0.39 is 0 Å². The van der Waals surface area contributed by atoms with Gasteiger partial charge in [0.05, 0.1) is 0 Å². The van der Waals surface area contributed by atoms with Crippen LogP contribution in [0.25, 0.3) is 10.9 Å². The summed E-state index contributed by atoms with van der Waals surface area (Å²) in [7, 11) is 0. The molecule has 0 aliphatic heterocycles. The fraction of sp³-hybridized carbons (Fsp3) is 0.286. The number of hydrogen-bond acceptors (Lipinski definition) is 1. The number of hydrogen-bond donors (Lipinski definition) is 3. The number of carbonyl (C=O) groups excluding carboxylic acids is 1. The van der Waals surface area contributed by atoms with E-state index in [0.717, 1.165) is 24.8 Å². The summed E-state index contributed by atoms with van der Waals surface area (Å²) < 4.78 is 0. The SMILES string of the molecule is Cc1ccc2[nH]c3c(c2c1)CCC(NC(=O)NCc1ccccc1)C3. The van der Waals surface area contributed by atoms with Gasteiger partial charge in [0, 0.05) is 35.6 Å². The summed E-state index contributed by atoms with van der Waals surface area (Å²) in [4.78, 5) is 15.7. The molecule has 0 bridgehead atoms. The van der Waals surface area contributed by atoms with Crippen LogP contribution >= 0.6 is 0 Å². The molecule has 3 aromatic rings. The molecule has 1 atom stereocenters. The summed E-state index contributed by atoms with van der Waals surface area (Å²) in [5.41, 5.74) is 6.27. The van der Waals surface area contributed by atoms with Gasteiger partial charge in [-0.05, 0) is 43.0 Å². The summed E-state index contributed by atoms with van der Waals surface area (Å²) in [5, 5.41) is 7.39. The summed E-state index contributed by atoms with van der Waals surface area (Å²) in [6.45, 7) is 2.68. The Morgan fingerprint density at radius 2 is 2.04 bits per heavy atom.